The number of fused-ring (bicyclic) bond motifs is 1. The van der Waals surface area contributed by atoms with E-state index in [1.807, 2.05) is 0 Å². The van der Waals surface area contributed by atoms with Crippen molar-refractivity contribution in [3.63, 3.8) is 0 Å². The summed E-state index contributed by atoms with van der Waals surface area (Å²) >= 11 is 0. The molecule has 2 heterocycles. The zero-order chi connectivity index (χ0) is 27.8. The zero-order valence-corrected chi connectivity index (χ0v) is 26.4. The van der Waals surface area contributed by atoms with E-state index in [4.69, 9.17) is 17.7 Å². The molecule has 0 spiro atoms. The van der Waals surface area contributed by atoms with Crippen LogP contribution in [0.2, 0.25) is 22.2 Å². The van der Waals surface area contributed by atoms with E-state index in [-0.39, 0.29) is 41.1 Å². The molecule has 2 aliphatic heterocycles. The molecule has 2 amide bonds. The van der Waals surface area contributed by atoms with Crippen LogP contribution < -0.4 is 5.32 Å². The highest BCUT2D eigenvalue weighted by molar-refractivity contribution is 6.84. The van der Waals surface area contributed by atoms with Gasteiger partial charge in [0.05, 0.1) is 24.8 Å². The lowest BCUT2D eigenvalue weighted by Gasteiger charge is -2.52. The van der Waals surface area contributed by atoms with Crippen LogP contribution in [0.5, 0.6) is 0 Å². The van der Waals surface area contributed by atoms with E-state index in [0.29, 0.717) is 0 Å². The Bertz CT molecular complexity index is 769. The van der Waals surface area contributed by atoms with E-state index < -0.39 is 53.1 Å². The Labute approximate surface area is 220 Å². The van der Waals surface area contributed by atoms with Crippen LogP contribution in [0.4, 0.5) is 4.79 Å². The molecule has 9 nitrogen and oxygen atoms in total. The predicted molar refractivity (Wildman–Crippen MR) is 144 cm³/mol. The van der Waals surface area contributed by atoms with E-state index in [1.54, 1.807) is 27.8 Å². The van der Waals surface area contributed by atoms with Crippen molar-refractivity contribution >= 4 is 29.1 Å². The molecule has 0 aliphatic carbocycles. The van der Waals surface area contributed by atoms with Gasteiger partial charge in [0.15, 0.2) is 0 Å². The number of carbonyl (C=O) groups is 2. The van der Waals surface area contributed by atoms with Crippen LogP contribution in [0.1, 0.15) is 82.6 Å². The summed E-state index contributed by atoms with van der Waals surface area (Å²) in [7, 11) is -4.30. The molecular weight excluding hydrogens is 496 g/mol. The average Bonchev–Trinajstić information content (AvgIpc) is 2.96. The second-order valence-electron chi connectivity index (χ2n) is 12.4. The van der Waals surface area contributed by atoms with Gasteiger partial charge in [0.1, 0.15) is 11.7 Å². The van der Waals surface area contributed by atoms with Crippen LogP contribution in [0.3, 0.4) is 0 Å². The number of amides is 2. The summed E-state index contributed by atoms with van der Waals surface area (Å²) in [5, 5.41) is 14.2. The molecule has 2 aliphatic rings. The number of aliphatic hydroxyl groups is 1. The summed E-state index contributed by atoms with van der Waals surface area (Å²) in [5.41, 5.74) is -0.309. The first-order chi connectivity index (χ1) is 16.4. The number of likely N-dealkylation sites (tertiary alicyclic amines) is 1. The van der Waals surface area contributed by atoms with Gasteiger partial charge < -0.3 is 28.1 Å². The van der Waals surface area contributed by atoms with Gasteiger partial charge in [-0.25, -0.2) is 4.79 Å². The minimum atomic E-state index is -3.00. The Balaban J connectivity index is 2.70. The number of nitrogens with zero attached hydrogens (tertiary/aromatic N) is 1. The van der Waals surface area contributed by atoms with Gasteiger partial charge in [0, 0.05) is 13.5 Å². The van der Waals surface area contributed by atoms with E-state index in [2.05, 4.69) is 60.7 Å². The lowest BCUT2D eigenvalue weighted by Crippen LogP contribution is -2.66. The van der Waals surface area contributed by atoms with Crippen LogP contribution >= 0.6 is 0 Å². The largest absolute Gasteiger partial charge is 0.444 e. The Morgan fingerprint density at radius 1 is 1.00 bits per heavy atom. The highest BCUT2D eigenvalue weighted by Crippen LogP contribution is 2.48. The summed E-state index contributed by atoms with van der Waals surface area (Å²) in [6.07, 6.45) is -2.50. The number of carbonyl (C=O) groups excluding carboxylic acids is 2. The SMILES string of the molecule is CNC(=O)CC1C(O)C2O[Si](C(C)C)(C(C)C)O[Si](C(C)C)(C(C)C)OCC2N1C(=O)OC(C)(C)C. The standard InChI is InChI=1S/C25H50N2O7Si2/c1-15(2)35(16(3)4)31-14-20-23(33-36(34-35,17(5)6)18(7)8)22(29)19(13-21(28)26-12)27(20)24(30)32-25(9,10)11/h15-20,22-23,29H,13-14H2,1-12H3,(H,26,28). The first-order valence-corrected chi connectivity index (χ1v) is 17.3. The number of hydrogen-bond donors (Lipinski definition) is 2. The van der Waals surface area contributed by atoms with E-state index in [1.165, 1.54) is 4.90 Å². The van der Waals surface area contributed by atoms with Crippen molar-refractivity contribution in [1.82, 2.24) is 10.2 Å². The smallest absolute Gasteiger partial charge is 0.411 e. The van der Waals surface area contributed by atoms with Crippen LogP contribution in [0, 0.1) is 0 Å². The molecule has 2 rings (SSSR count). The van der Waals surface area contributed by atoms with Gasteiger partial charge in [0.2, 0.25) is 5.91 Å². The van der Waals surface area contributed by atoms with Crippen molar-refractivity contribution in [2.75, 3.05) is 13.7 Å². The Hall–Kier alpha value is -0.986. The highest BCUT2D eigenvalue weighted by Gasteiger charge is 2.63. The van der Waals surface area contributed by atoms with Gasteiger partial charge in [-0.15, -0.1) is 0 Å². The van der Waals surface area contributed by atoms with Crippen LogP contribution in [0.25, 0.3) is 0 Å². The van der Waals surface area contributed by atoms with Gasteiger partial charge in [-0.2, -0.15) is 0 Å². The van der Waals surface area contributed by atoms with Crippen molar-refractivity contribution < 1.29 is 32.4 Å². The highest BCUT2D eigenvalue weighted by atomic mass is 28.5. The van der Waals surface area contributed by atoms with Gasteiger partial charge in [-0.1, -0.05) is 55.4 Å². The van der Waals surface area contributed by atoms with Crippen LogP contribution in [-0.2, 0) is 22.5 Å². The zero-order valence-electron chi connectivity index (χ0n) is 24.4. The van der Waals surface area contributed by atoms with Crippen molar-refractivity contribution in [2.45, 2.75) is 135 Å². The summed E-state index contributed by atoms with van der Waals surface area (Å²) in [6, 6.07) is -1.42. The lowest BCUT2D eigenvalue weighted by molar-refractivity contribution is -0.122. The minimum Gasteiger partial charge on any atom is -0.444 e. The van der Waals surface area contributed by atoms with E-state index in [9.17, 15) is 14.7 Å². The Morgan fingerprint density at radius 2 is 1.50 bits per heavy atom. The first-order valence-electron chi connectivity index (χ1n) is 13.3. The third-order valence-corrected chi connectivity index (χ3v) is 17.7. The van der Waals surface area contributed by atoms with Crippen molar-refractivity contribution in [1.29, 1.82) is 0 Å². The van der Waals surface area contributed by atoms with E-state index in [0.717, 1.165) is 0 Å². The van der Waals surface area contributed by atoms with Crippen LogP contribution in [-0.4, -0.2) is 82.7 Å². The summed E-state index contributed by atoms with van der Waals surface area (Å²) in [5.74, 6) is -0.275. The van der Waals surface area contributed by atoms with Gasteiger partial charge in [-0.05, 0) is 42.9 Å². The van der Waals surface area contributed by atoms with Gasteiger partial charge in [0.25, 0.3) is 0 Å². The second kappa shape index (κ2) is 11.4. The summed E-state index contributed by atoms with van der Waals surface area (Å²) in [6.45, 7) is 22.5. The van der Waals surface area contributed by atoms with Crippen molar-refractivity contribution in [3.8, 4) is 0 Å². The average molecular weight is 547 g/mol. The lowest BCUT2D eigenvalue weighted by atomic mass is 10.1. The summed E-state index contributed by atoms with van der Waals surface area (Å²) < 4.78 is 26.7. The molecule has 36 heavy (non-hydrogen) atoms. The van der Waals surface area contributed by atoms with E-state index >= 15 is 0 Å². The fourth-order valence-corrected chi connectivity index (χ4v) is 16.8. The molecule has 0 aromatic carbocycles. The maximum atomic E-state index is 13.5. The molecule has 4 unspecified atom stereocenters. The molecule has 2 N–H and O–H groups in total. The second-order valence-corrected chi connectivity index (χ2v) is 21.3. The van der Waals surface area contributed by atoms with Crippen LogP contribution in [0.15, 0.2) is 0 Å². The fourth-order valence-electron chi connectivity index (χ4n) is 5.58. The first kappa shape index (κ1) is 31.2. The van der Waals surface area contributed by atoms with Crippen molar-refractivity contribution in [2.24, 2.45) is 0 Å². The molecule has 11 heteroatoms. The Morgan fingerprint density at radius 3 is 1.92 bits per heavy atom. The van der Waals surface area contributed by atoms with Crippen molar-refractivity contribution in [3.05, 3.63) is 0 Å². The van der Waals surface area contributed by atoms with Gasteiger partial charge >= 0.3 is 23.2 Å². The molecule has 4 atom stereocenters. The molecule has 0 radical (unpaired) electrons. The summed E-state index contributed by atoms with van der Waals surface area (Å²) in [4.78, 5) is 27.5. The predicted octanol–water partition coefficient (Wildman–Crippen LogP) is 4.43. The quantitative estimate of drug-likeness (QED) is 0.475. The fraction of sp³-hybridized carbons (Fsp3) is 0.920. The topological polar surface area (TPSA) is 107 Å². The number of rotatable bonds is 6. The number of nitrogens with one attached hydrogen (secondary N) is 1. The normalized spacial score (nSPS) is 28.3. The molecular formula is C25H50N2O7Si2. The molecule has 210 valence electrons. The number of aliphatic hydroxyl groups excluding tert-OH is 1. The number of ether oxygens (including phenoxy) is 1. The molecule has 0 aromatic heterocycles. The molecule has 0 bridgehead atoms. The number of hydrogen-bond acceptors (Lipinski definition) is 7. The maximum Gasteiger partial charge on any atom is 0.411 e. The third kappa shape index (κ3) is 6.01. The molecule has 2 saturated heterocycles. The third-order valence-electron chi connectivity index (χ3n) is 7.44. The molecule has 0 saturated carbocycles. The molecule has 0 aromatic rings. The van der Waals surface area contributed by atoms with Gasteiger partial charge in [-0.3, -0.25) is 9.69 Å². The monoisotopic (exact) mass is 546 g/mol. The Kier molecular flexibility index (Phi) is 9.89. The minimum absolute atomic E-state index is 0.0665. The molecule has 2 fully saturated rings. The maximum absolute atomic E-state index is 13.5.